The molecule has 3 aliphatic rings. The Morgan fingerprint density at radius 3 is 2.65 bits per heavy atom. The van der Waals surface area contributed by atoms with Crippen LogP contribution in [-0.2, 0) is 9.53 Å². The molecule has 2 aliphatic heterocycles. The zero-order valence-electron chi connectivity index (χ0n) is 20.7. The van der Waals surface area contributed by atoms with Crippen molar-refractivity contribution >= 4 is 17.5 Å². The van der Waals surface area contributed by atoms with E-state index >= 15 is 0 Å². The number of fused-ring (bicyclic) bond motifs is 1. The van der Waals surface area contributed by atoms with E-state index in [1.165, 1.54) is 12.8 Å². The molecule has 4 rings (SSSR count). The summed E-state index contributed by atoms with van der Waals surface area (Å²) in [7, 11) is 2.12. The van der Waals surface area contributed by atoms with Gasteiger partial charge < -0.3 is 29.7 Å². The van der Waals surface area contributed by atoms with Crippen molar-refractivity contribution in [2.75, 3.05) is 51.8 Å². The van der Waals surface area contributed by atoms with Gasteiger partial charge >= 0.3 is 0 Å². The average molecular weight is 474 g/mol. The summed E-state index contributed by atoms with van der Waals surface area (Å²) in [5.41, 5.74) is 0.953. The number of carbonyl (C=O) groups excluding carboxylic acids is 2. The molecular formula is C26H39N3O5. The number of hydrogen-bond acceptors (Lipinski definition) is 6. The van der Waals surface area contributed by atoms with Gasteiger partial charge in [-0.05, 0) is 57.7 Å². The smallest absolute Gasteiger partial charge is 0.258 e. The van der Waals surface area contributed by atoms with Crippen molar-refractivity contribution in [1.29, 1.82) is 0 Å². The standard InChI is InChI=1S/C26H39N3O5/c1-17-13-29(18(2)16-30)26(32)21-5-4-6-22(27-25(31)20-9-11-33-12-10-20)24(21)34-23(17)15-28(3)14-19-7-8-19/h4-6,17-20,23,30H,7-16H2,1-3H3,(H,27,31)/t17-,18-,23+/m0/s1. The van der Waals surface area contributed by atoms with Gasteiger partial charge in [-0.1, -0.05) is 13.0 Å². The molecule has 8 nitrogen and oxygen atoms in total. The quantitative estimate of drug-likeness (QED) is 0.603. The molecule has 1 aromatic carbocycles. The molecule has 0 radical (unpaired) electrons. The van der Waals surface area contributed by atoms with Crippen LogP contribution < -0.4 is 10.1 Å². The van der Waals surface area contributed by atoms with Crippen molar-refractivity contribution in [2.45, 2.75) is 51.7 Å². The molecule has 34 heavy (non-hydrogen) atoms. The molecule has 1 saturated heterocycles. The van der Waals surface area contributed by atoms with Gasteiger partial charge in [-0.25, -0.2) is 0 Å². The van der Waals surface area contributed by atoms with E-state index in [4.69, 9.17) is 9.47 Å². The molecule has 2 amide bonds. The number of carbonyl (C=O) groups is 2. The lowest BCUT2D eigenvalue weighted by atomic mass is 9.98. The van der Waals surface area contributed by atoms with E-state index in [2.05, 4.69) is 24.2 Å². The molecular weight excluding hydrogens is 434 g/mol. The average Bonchev–Trinajstić information content (AvgIpc) is 3.65. The second-order valence-electron chi connectivity index (χ2n) is 10.3. The second kappa shape index (κ2) is 11.1. The van der Waals surface area contributed by atoms with Crippen molar-refractivity contribution in [3.05, 3.63) is 23.8 Å². The second-order valence-corrected chi connectivity index (χ2v) is 10.3. The maximum Gasteiger partial charge on any atom is 0.258 e. The van der Waals surface area contributed by atoms with Crippen LogP contribution in [0.3, 0.4) is 0 Å². The van der Waals surface area contributed by atoms with Gasteiger partial charge in [0, 0.05) is 44.7 Å². The summed E-state index contributed by atoms with van der Waals surface area (Å²) in [6, 6.07) is 5.02. The van der Waals surface area contributed by atoms with E-state index in [9.17, 15) is 14.7 Å². The number of aliphatic hydroxyl groups excluding tert-OH is 1. The number of nitrogens with one attached hydrogen (secondary N) is 1. The third-order valence-electron chi connectivity index (χ3n) is 7.30. The van der Waals surface area contributed by atoms with Crippen LogP contribution >= 0.6 is 0 Å². The van der Waals surface area contributed by atoms with Crippen LogP contribution in [0.5, 0.6) is 5.75 Å². The molecule has 1 aromatic rings. The fraction of sp³-hybridized carbons (Fsp3) is 0.692. The van der Waals surface area contributed by atoms with Crippen LogP contribution in [0.4, 0.5) is 5.69 Å². The number of anilines is 1. The molecule has 0 aromatic heterocycles. The van der Waals surface area contributed by atoms with Crippen molar-refractivity contribution < 1.29 is 24.2 Å². The van der Waals surface area contributed by atoms with Crippen LogP contribution in [-0.4, -0.2) is 85.4 Å². The van der Waals surface area contributed by atoms with Crippen molar-refractivity contribution in [3.8, 4) is 5.75 Å². The number of benzene rings is 1. The Hall–Kier alpha value is -2.16. The summed E-state index contributed by atoms with van der Waals surface area (Å²) in [5.74, 6) is 0.884. The van der Waals surface area contributed by atoms with Gasteiger partial charge in [-0.15, -0.1) is 0 Å². The molecule has 1 saturated carbocycles. The first kappa shape index (κ1) is 24.9. The Labute approximate surface area is 202 Å². The first-order valence-corrected chi connectivity index (χ1v) is 12.7. The molecule has 8 heteroatoms. The maximum atomic E-state index is 13.6. The lowest BCUT2D eigenvalue weighted by molar-refractivity contribution is -0.122. The molecule has 1 aliphatic carbocycles. The third-order valence-corrected chi connectivity index (χ3v) is 7.30. The third kappa shape index (κ3) is 5.90. The highest BCUT2D eigenvalue weighted by atomic mass is 16.5. The van der Waals surface area contributed by atoms with Crippen LogP contribution in [0.15, 0.2) is 18.2 Å². The molecule has 2 fully saturated rings. The fourth-order valence-corrected chi connectivity index (χ4v) is 4.88. The lowest BCUT2D eigenvalue weighted by Crippen LogP contribution is -2.50. The van der Waals surface area contributed by atoms with E-state index in [0.29, 0.717) is 49.6 Å². The van der Waals surface area contributed by atoms with Gasteiger partial charge in [0.1, 0.15) is 6.10 Å². The van der Waals surface area contributed by atoms with Crippen molar-refractivity contribution in [1.82, 2.24) is 9.80 Å². The van der Waals surface area contributed by atoms with Crippen LogP contribution in [0.1, 0.15) is 49.9 Å². The Bertz CT molecular complexity index is 868. The monoisotopic (exact) mass is 473 g/mol. The predicted octanol–water partition coefficient (Wildman–Crippen LogP) is 2.61. The molecule has 2 heterocycles. The minimum Gasteiger partial charge on any atom is -0.486 e. The van der Waals surface area contributed by atoms with Gasteiger partial charge in [0.15, 0.2) is 5.75 Å². The van der Waals surface area contributed by atoms with Gasteiger partial charge in [0.05, 0.1) is 23.9 Å². The summed E-state index contributed by atoms with van der Waals surface area (Å²) < 4.78 is 12.0. The summed E-state index contributed by atoms with van der Waals surface area (Å²) >= 11 is 0. The first-order chi connectivity index (χ1) is 16.4. The van der Waals surface area contributed by atoms with Crippen LogP contribution in [0, 0.1) is 17.8 Å². The van der Waals surface area contributed by atoms with E-state index in [-0.39, 0.29) is 42.4 Å². The number of ether oxygens (including phenoxy) is 2. The number of likely N-dealkylation sites (N-methyl/N-ethyl adjacent to an activating group) is 1. The maximum absolute atomic E-state index is 13.6. The minimum absolute atomic E-state index is 0.0482. The summed E-state index contributed by atoms with van der Waals surface area (Å²) in [6.07, 6.45) is 3.78. The Kier molecular flexibility index (Phi) is 8.11. The number of rotatable bonds is 8. The van der Waals surface area contributed by atoms with E-state index in [1.807, 2.05) is 6.92 Å². The zero-order valence-corrected chi connectivity index (χ0v) is 20.7. The number of hydrogen-bond donors (Lipinski definition) is 2. The van der Waals surface area contributed by atoms with Crippen LogP contribution in [0.2, 0.25) is 0 Å². The molecule has 0 bridgehead atoms. The molecule has 0 spiro atoms. The zero-order chi connectivity index (χ0) is 24.2. The van der Waals surface area contributed by atoms with E-state index in [1.54, 1.807) is 23.1 Å². The van der Waals surface area contributed by atoms with E-state index in [0.717, 1.165) is 19.0 Å². The van der Waals surface area contributed by atoms with Gasteiger partial charge in [-0.2, -0.15) is 0 Å². The van der Waals surface area contributed by atoms with Gasteiger partial charge in [-0.3, -0.25) is 9.59 Å². The molecule has 0 unspecified atom stereocenters. The SMILES string of the molecule is C[C@H]1CN([C@@H](C)CO)C(=O)c2cccc(NC(=O)C3CCOCC3)c2O[C@@H]1CN(C)CC1CC1. The van der Waals surface area contributed by atoms with Gasteiger partial charge in [0.25, 0.3) is 5.91 Å². The van der Waals surface area contributed by atoms with Gasteiger partial charge in [0.2, 0.25) is 5.91 Å². The minimum atomic E-state index is -0.314. The number of para-hydroxylation sites is 1. The molecule has 2 N–H and O–H groups in total. The first-order valence-electron chi connectivity index (χ1n) is 12.7. The normalized spacial score (nSPS) is 24.7. The highest BCUT2D eigenvalue weighted by molar-refractivity contribution is 6.02. The topological polar surface area (TPSA) is 91.3 Å². The van der Waals surface area contributed by atoms with E-state index < -0.39 is 0 Å². The van der Waals surface area contributed by atoms with Crippen molar-refractivity contribution in [3.63, 3.8) is 0 Å². The Morgan fingerprint density at radius 2 is 1.97 bits per heavy atom. The molecule has 188 valence electrons. The summed E-state index contributed by atoms with van der Waals surface area (Å²) in [5, 5.41) is 12.9. The molecule has 3 atom stereocenters. The predicted molar refractivity (Wildman–Crippen MR) is 130 cm³/mol. The Balaban J connectivity index is 1.64. The van der Waals surface area contributed by atoms with Crippen LogP contribution in [0.25, 0.3) is 0 Å². The lowest BCUT2D eigenvalue weighted by Gasteiger charge is -2.38. The number of nitrogens with zero attached hydrogens (tertiary/aromatic N) is 2. The van der Waals surface area contributed by atoms with Crippen molar-refractivity contribution in [2.24, 2.45) is 17.8 Å². The number of aliphatic hydroxyl groups is 1. The highest BCUT2D eigenvalue weighted by Gasteiger charge is 2.35. The Morgan fingerprint density at radius 1 is 1.24 bits per heavy atom. The largest absolute Gasteiger partial charge is 0.486 e. The fourth-order valence-electron chi connectivity index (χ4n) is 4.88. The summed E-state index contributed by atoms with van der Waals surface area (Å²) in [4.78, 5) is 30.6. The summed E-state index contributed by atoms with van der Waals surface area (Å²) in [6.45, 7) is 7.28. The number of amides is 2. The highest BCUT2D eigenvalue weighted by Crippen LogP contribution is 2.36.